The lowest BCUT2D eigenvalue weighted by molar-refractivity contribution is -0.162. The van der Waals surface area contributed by atoms with E-state index in [9.17, 15) is 14.7 Å². The molecule has 26 heavy (non-hydrogen) atoms. The van der Waals surface area contributed by atoms with Crippen molar-refractivity contribution in [3.8, 4) is 0 Å². The molecule has 0 spiro atoms. The van der Waals surface area contributed by atoms with Crippen molar-refractivity contribution in [3.63, 3.8) is 0 Å². The summed E-state index contributed by atoms with van der Waals surface area (Å²) in [5.41, 5.74) is 0.0494. The molecule has 1 aromatic heterocycles. The Labute approximate surface area is 156 Å². The molecule has 2 atom stereocenters. The third-order valence-electron chi connectivity index (χ3n) is 5.66. The van der Waals surface area contributed by atoms with E-state index in [2.05, 4.69) is 4.98 Å². The summed E-state index contributed by atoms with van der Waals surface area (Å²) in [6.07, 6.45) is 2.46. The van der Waals surface area contributed by atoms with Gasteiger partial charge in [0.25, 0.3) is 0 Å². The molecule has 1 aliphatic rings. The molecule has 0 saturated carbocycles. The highest BCUT2D eigenvalue weighted by atomic mass is 16.4. The number of hydrogen-bond donors (Lipinski definition) is 1. The number of aryl methyl sites for hydroxylation is 1. The van der Waals surface area contributed by atoms with Crippen molar-refractivity contribution in [1.82, 2.24) is 14.8 Å². The Bertz CT molecular complexity index is 666. The third-order valence-corrected chi connectivity index (χ3v) is 5.66. The highest BCUT2D eigenvalue weighted by Gasteiger charge is 2.59. The summed E-state index contributed by atoms with van der Waals surface area (Å²) in [5, 5.41) is 10.2. The maximum atomic E-state index is 13.2. The van der Waals surface area contributed by atoms with Crippen LogP contribution in [0.3, 0.4) is 0 Å². The van der Waals surface area contributed by atoms with Gasteiger partial charge in [-0.2, -0.15) is 0 Å². The number of nitrogens with zero attached hydrogens (tertiary/aromatic N) is 3. The maximum absolute atomic E-state index is 13.2. The van der Waals surface area contributed by atoms with Crippen LogP contribution in [0.1, 0.15) is 52.3 Å². The lowest BCUT2D eigenvalue weighted by Gasteiger charge is -2.50. The highest BCUT2D eigenvalue weighted by Crippen LogP contribution is 2.45. The van der Waals surface area contributed by atoms with Gasteiger partial charge in [0, 0.05) is 31.5 Å². The van der Waals surface area contributed by atoms with Crippen LogP contribution < -0.4 is 0 Å². The number of hydrogen-bond acceptors (Lipinski definition) is 3. The van der Waals surface area contributed by atoms with Crippen molar-refractivity contribution < 1.29 is 14.7 Å². The van der Waals surface area contributed by atoms with Crippen LogP contribution >= 0.6 is 0 Å². The number of carbonyl (C=O) groups excluding carboxylic acids is 1. The minimum atomic E-state index is -1.24. The second kappa shape index (κ2) is 7.25. The van der Waals surface area contributed by atoms with Gasteiger partial charge in [0.15, 0.2) is 0 Å². The first-order chi connectivity index (χ1) is 12.1. The van der Waals surface area contributed by atoms with E-state index in [0.717, 1.165) is 11.3 Å². The zero-order chi connectivity index (χ0) is 19.7. The molecule has 1 fully saturated rings. The van der Waals surface area contributed by atoms with E-state index in [4.69, 9.17) is 0 Å². The number of aromatic nitrogens is 1. The smallest absolute Gasteiger partial charge is 0.330 e. The average Bonchev–Trinajstić information content (AvgIpc) is 2.90. The Kier molecular flexibility index (Phi) is 5.64. The predicted octanol–water partition coefficient (Wildman–Crippen LogP) is 3.54. The fourth-order valence-corrected chi connectivity index (χ4v) is 4.22. The van der Waals surface area contributed by atoms with Crippen molar-refractivity contribution >= 4 is 12.0 Å². The monoisotopic (exact) mass is 361 g/mol. The average molecular weight is 361 g/mol. The van der Waals surface area contributed by atoms with Gasteiger partial charge in [-0.05, 0) is 29.9 Å². The van der Waals surface area contributed by atoms with E-state index in [0.29, 0.717) is 26.1 Å². The molecule has 1 N–H and O–H groups in total. The Balaban J connectivity index is 2.35. The maximum Gasteiger partial charge on any atom is 0.330 e. The lowest BCUT2D eigenvalue weighted by atomic mass is 9.64. The van der Waals surface area contributed by atoms with Crippen LogP contribution in [0.4, 0.5) is 4.79 Å². The van der Waals surface area contributed by atoms with Crippen LogP contribution in [-0.2, 0) is 11.3 Å². The molecule has 0 aliphatic carbocycles. The molecule has 0 radical (unpaired) electrons. The first kappa shape index (κ1) is 20.2. The molecule has 2 rings (SSSR count). The number of carboxylic acids is 1. The van der Waals surface area contributed by atoms with Gasteiger partial charge >= 0.3 is 12.0 Å². The summed E-state index contributed by atoms with van der Waals surface area (Å²) in [6, 6.07) is 3.67. The second-order valence-electron chi connectivity index (χ2n) is 8.29. The van der Waals surface area contributed by atoms with Gasteiger partial charge in [-0.1, -0.05) is 47.1 Å². The molecule has 1 aliphatic heterocycles. The van der Waals surface area contributed by atoms with Crippen molar-refractivity contribution in [2.45, 2.75) is 60.0 Å². The van der Waals surface area contributed by atoms with Crippen LogP contribution in [-0.4, -0.2) is 50.5 Å². The molecular formula is C20H31N3O3. The molecule has 1 saturated heterocycles. The largest absolute Gasteiger partial charge is 0.479 e. The topological polar surface area (TPSA) is 73.7 Å². The fourth-order valence-electron chi connectivity index (χ4n) is 4.22. The molecule has 1 aromatic rings. The van der Waals surface area contributed by atoms with Gasteiger partial charge in [0.2, 0.25) is 0 Å². The number of urea groups is 1. The molecule has 0 aromatic carbocycles. The van der Waals surface area contributed by atoms with Gasteiger partial charge in [0.05, 0.1) is 0 Å². The molecule has 144 valence electrons. The predicted molar refractivity (Wildman–Crippen MR) is 101 cm³/mol. The number of aliphatic carboxylic acids is 1. The molecule has 6 nitrogen and oxygen atoms in total. The SMILES string of the molecule is CC[C@H](C)[C@](C(=O)O)(N1CCN(Cc2ccc(C)nc2)C1=O)C(C)(C)C. The normalized spacial score (nSPS) is 18.8. The Hall–Kier alpha value is -2.11. The van der Waals surface area contributed by atoms with E-state index in [1.165, 1.54) is 0 Å². The van der Waals surface area contributed by atoms with Crippen molar-refractivity contribution in [2.75, 3.05) is 13.1 Å². The minimum Gasteiger partial charge on any atom is -0.479 e. The van der Waals surface area contributed by atoms with Gasteiger partial charge < -0.3 is 14.9 Å². The molecule has 0 bridgehead atoms. The number of carboxylic acid groups (broad SMARTS) is 1. The van der Waals surface area contributed by atoms with Crippen molar-refractivity contribution in [3.05, 3.63) is 29.6 Å². The van der Waals surface area contributed by atoms with E-state index in [1.807, 2.05) is 53.7 Å². The Morgan fingerprint density at radius 3 is 2.42 bits per heavy atom. The molecule has 2 amide bonds. The van der Waals surface area contributed by atoms with Gasteiger partial charge in [0.1, 0.15) is 5.54 Å². The molecule has 2 heterocycles. The van der Waals surface area contributed by atoms with Crippen LogP contribution in [0.25, 0.3) is 0 Å². The number of pyridine rings is 1. The van der Waals surface area contributed by atoms with E-state index in [-0.39, 0.29) is 11.9 Å². The lowest BCUT2D eigenvalue weighted by Crippen LogP contribution is -2.66. The summed E-state index contributed by atoms with van der Waals surface area (Å²) in [4.78, 5) is 33.2. The van der Waals surface area contributed by atoms with E-state index >= 15 is 0 Å². The third kappa shape index (κ3) is 3.29. The first-order valence-electron chi connectivity index (χ1n) is 9.27. The summed E-state index contributed by atoms with van der Waals surface area (Å²) in [6.45, 7) is 12.9. The van der Waals surface area contributed by atoms with E-state index < -0.39 is 16.9 Å². The van der Waals surface area contributed by atoms with Gasteiger partial charge in [-0.25, -0.2) is 9.59 Å². The van der Waals surface area contributed by atoms with Gasteiger partial charge in [-0.15, -0.1) is 0 Å². The summed E-state index contributed by atoms with van der Waals surface area (Å²) in [5.74, 6) is -1.09. The number of amides is 2. The van der Waals surface area contributed by atoms with E-state index in [1.54, 1.807) is 16.0 Å². The zero-order valence-corrected chi connectivity index (χ0v) is 16.7. The Morgan fingerprint density at radius 1 is 1.31 bits per heavy atom. The minimum absolute atomic E-state index is 0.162. The summed E-state index contributed by atoms with van der Waals surface area (Å²) in [7, 11) is 0. The summed E-state index contributed by atoms with van der Waals surface area (Å²) < 4.78 is 0. The second-order valence-corrected chi connectivity index (χ2v) is 8.29. The van der Waals surface area contributed by atoms with Crippen LogP contribution in [0, 0.1) is 18.3 Å². The van der Waals surface area contributed by atoms with Crippen molar-refractivity contribution in [2.24, 2.45) is 11.3 Å². The quantitative estimate of drug-likeness (QED) is 0.841. The number of rotatable bonds is 6. The Morgan fingerprint density at radius 2 is 1.96 bits per heavy atom. The molecule has 6 heteroatoms. The number of carbonyl (C=O) groups is 2. The summed E-state index contributed by atoms with van der Waals surface area (Å²) >= 11 is 0. The van der Waals surface area contributed by atoms with Crippen LogP contribution in [0.5, 0.6) is 0 Å². The van der Waals surface area contributed by atoms with Gasteiger partial charge in [-0.3, -0.25) is 4.98 Å². The first-order valence-corrected chi connectivity index (χ1v) is 9.27. The fraction of sp³-hybridized carbons (Fsp3) is 0.650. The zero-order valence-electron chi connectivity index (χ0n) is 16.7. The van der Waals surface area contributed by atoms with Crippen LogP contribution in [0.15, 0.2) is 18.3 Å². The molecule has 0 unspecified atom stereocenters. The standard InChI is InChI=1S/C20H31N3O3/c1-7-14(2)20(17(24)25,19(4,5)6)23-11-10-22(18(23)26)13-16-9-8-15(3)21-12-16/h8-9,12,14H,7,10-11,13H2,1-6H3,(H,24,25)/t14-,20+/m0/s1. The van der Waals surface area contributed by atoms with Crippen molar-refractivity contribution in [1.29, 1.82) is 0 Å². The molecular weight excluding hydrogens is 330 g/mol. The highest BCUT2D eigenvalue weighted by molar-refractivity contribution is 5.88. The van der Waals surface area contributed by atoms with Crippen LogP contribution in [0.2, 0.25) is 0 Å².